The van der Waals surface area contributed by atoms with Crippen molar-refractivity contribution >= 4 is 15.9 Å². The molecule has 0 aliphatic heterocycles. The Balaban J connectivity index is 2.59. The van der Waals surface area contributed by atoms with Gasteiger partial charge in [0, 0.05) is 12.6 Å². The lowest BCUT2D eigenvalue weighted by molar-refractivity contribution is 0.509. The summed E-state index contributed by atoms with van der Waals surface area (Å²) in [6, 6.07) is 3.77. The summed E-state index contributed by atoms with van der Waals surface area (Å²) in [4.78, 5) is 4.01. The number of imidazole rings is 1. The number of benzene rings is 1. The molecule has 0 fully saturated rings. The van der Waals surface area contributed by atoms with Crippen molar-refractivity contribution in [3.05, 3.63) is 40.8 Å². The summed E-state index contributed by atoms with van der Waals surface area (Å²) in [5.41, 5.74) is 1.30. The lowest BCUT2D eigenvalue weighted by atomic mass is 10.1. The smallest absolute Gasteiger partial charge is 0.159 e. The van der Waals surface area contributed by atoms with E-state index in [2.05, 4.69) is 20.9 Å². The van der Waals surface area contributed by atoms with Crippen molar-refractivity contribution in [2.45, 2.75) is 0 Å². The topological polar surface area (TPSA) is 17.8 Å². The molecule has 0 aliphatic rings. The van der Waals surface area contributed by atoms with Gasteiger partial charge in [-0.1, -0.05) is 0 Å². The van der Waals surface area contributed by atoms with Crippen molar-refractivity contribution < 1.29 is 8.78 Å². The van der Waals surface area contributed by atoms with Crippen molar-refractivity contribution in [2.75, 3.05) is 0 Å². The Morgan fingerprint density at radius 1 is 1.27 bits per heavy atom. The van der Waals surface area contributed by atoms with E-state index in [1.165, 1.54) is 6.07 Å². The van der Waals surface area contributed by atoms with Gasteiger partial charge >= 0.3 is 0 Å². The Hall–Kier alpha value is -1.23. The standard InChI is InChI=1S/C10H7BrF2N2/c1-15-5-14-10(11)9(15)6-2-3-7(12)8(13)4-6/h2-5H,1H3. The summed E-state index contributed by atoms with van der Waals surface area (Å²) in [5.74, 6) is -1.71. The van der Waals surface area contributed by atoms with E-state index >= 15 is 0 Å². The van der Waals surface area contributed by atoms with Crippen LogP contribution in [0.25, 0.3) is 11.3 Å². The summed E-state index contributed by atoms with van der Waals surface area (Å²) >= 11 is 3.25. The predicted octanol–water partition coefficient (Wildman–Crippen LogP) is 3.13. The molecule has 2 rings (SSSR count). The maximum atomic E-state index is 13.0. The molecule has 1 aromatic carbocycles. The highest BCUT2D eigenvalue weighted by atomic mass is 79.9. The fourth-order valence-electron chi connectivity index (χ4n) is 1.37. The Morgan fingerprint density at radius 2 is 2.00 bits per heavy atom. The van der Waals surface area contributed by atoms with Gasteiger partial charge in [0.25, 0.3) is 0 Å². The summed E-state index contributed by atoms with van der Waals surface area (Å²) in [7, 11) is 1.79. The highest BCUT2D eigenvalue weighted by molar-refractivity contribution is 9.10. The molecule has 2 aromatic rings. The van der Waals surface area contributed by atoms with Crippen molar-refractivity contribution in [1.29, 1.82) is 0 Å². The minimum absolute atomic E-state index is 0.584. The molecule has 78 valence electrons. The molecule has 0 saturated heterocycles. The van der Waals surface area contributed by atoms with E-state index in [4.69, 9.17) is 0 Å². The van der Waals surface area contributed by atoms with Crippen LogP contribution >= 0.6 is 15.9 Å². The molecular formula is C10H7BrF2N2. The van der Waals surface area contributed by atoms with E-state index in [0.717, 1.165) is 12.1 Å². The molecule has 0 atom stereocenters. The number of hydrogen-bond donors (Lipinski definition) is 0. The Kier molecular flexibility index (Phi) is 2.56. The number of halogens is 3. The number of rotatable bonds is 1. The van der Waals surface area contributed by atoms with Crippen molar-refractivity contribution in [3.63, 3.8) is 0 Å². The lowest BCUT2D eigenvalue weighted by Gasteiger charge is -2.03. The first-order valence-electron chi connectivity index (χ1n) is 4.22. The third-order valence-electron chi connectivity index (χ3n) is 2.09. The molecule has 1 heterocycles. The maximum absolute atomic E-state index is 13.0. The lowest BCUT2D eigenvalue weighted by Crippen LogP contribution is -1.92. The summed E-state index contributed by atoms with van der Waals surface area (Å²) < 4.78 is 28.1. The van der Waals surface area contributed by atoms with E-state index < -0.39 is 11.6 Å². The van der Waals surface area contributed by atoms with Crippen LogP contribution in [0.4, 0.5) is 8.78 Å². The van der Waals surface area contributed by atoms with E-state index in [9.17, 15) is 8.78 Å². The first-order valence-corrected chi connectivity index (χ1v) is 5.01. The summed E-state index contributed by atoms with van der Waals surface area (Å²) in [6.07, 6.45) is 1.60. The van der Waals surface area contributed by atoms with Crippen LogP contribution < -0.4 is 0 Å². The molecule has 0 saturated carbocycles. The largest absolute Gasteiger partial charge is 0.333 e. The molecule has 5 heteroatoms. The number of nitrogens with zero attached hydrogens (tertiary/aromatic N) is 2. The Bertz CT molecular complexity index is 489. The SMILES string of the molecule is Cn1cnc(Br)c1-c1ccc(F)c(F)c1. The second kappa shape index (κ2) is 3.73. The molecule has 0 amide bonds. The Labute approximate surface area is 93.7 Å². The first-order chi connectivity index (χ1) is 7.09. The molecule has 0 unspecified atom stereocenters. The maximum Gasteiger partial charge on any atom is 0.159 e. The normalized spacial score (nSPS) is 10.7. The van der Waals surface area contributed by atoms with Crippen LogP contribution in [0, 0.1) is 11.6 Å². The third-order valence-corrected chi connectivity index (χ3v) is 2.67. The average molecular weight is 273 g/mol. The zero-order chi connectivity index (χ0) is 11.0. The molecule has 1 aromatic heterocycles. The zero-order valence-corrected chi connectivity index (χ0v) is 9.42. The second-order valence-electron chi connectivity index (χ2n) is 3.12. The van der Waals surface area contributed by atoms with Gasteiger partial charge in [-0.15, -0.1) is 0 Å². The van der Waals surface area contributed by atoms with Crippen LogP contribution in [0.1, 0.15) is 0 Å². The van der Waals surface area contributed by atoms with Crippen molar-refractivity contribution in [1.82, 2.24) is 9.55 Å². The highest BCUT2D eigenvalue weighted by Gasteiger charge is 2.11. The van der Waals surface area contributed by atoms with E-state index in [1.807, 2.05) is 0 Å². The van der Waals surface area contributed by atoms with E-state index in [0.29, 0.717) is 15.9 Å². The van der Waals surface area contributed by atoms with Crippen LogP contribution in [0.15, 0.2) is 29.1 Å². The third kappa shape index (κ3) is 1.79. The van der Waals surface area contributed by atoms with Crippen molar-refractivity contribution in [3.8, 4) is 11.3 Å². The van der Waals surface area contributed by atoms with Gasteiger partial charge in [-0.2, -0.15) is 0 Å². The zero-order valence-electron chi connectivity index (χ0n) is 7.84. The van der Waals surface area contributed by atoms with Gasteiger partial charge in [-0.05, 0) is 34.1 Å². The first kappa shape index (κ1) is 10.3. The molecule has 0 bridgehead atoms. The molecular weight excluding hydrogens is 266 g/mol. The summed E-state index contributed by atoms with van der Waals surface area (Å²) in [5, 5.41) is 0. The molecule has 2 nitrogen and oxygen atoms in total. The molecule has 0 radical (unpaired) electrons. The van der Waals surface area contributed by atoms with Gasteiger partial charge in [0.1, 0.15) is 4.60 Å². The van der Waals surface area contributed by atoms with Gasteiger partial charge < -0.3 is 4.57 Å². The monoisotopic (exact) mass is 272 g/mol. The predicted molar refractivity (Wildman–Crippen MR) is 56.3 cm³/mol. The van der Waals surface area contributed by atoms with Crippen LogP contribution in [-0.2, 0) is 7.05 Å². The molecule has 15 heavy (non-hydrogen) atoms. The minimum atomic E-state index is -0.861. The highest BCUT2D eigenvalue weighted by Crippen LogP contribution is 2.27. The molecule has 0 aliphatic carbocycles. The number of hydrogen-bond acceptors (Lipinski definition) is 1. The fourth-order valence-corrected chi connectivity index (χ4v) is 1.97. The van der Waals surface area contributed by atoms with Crippen molar-refractivity contribution in [2.24, 2.45) is 7.05 Å². The quantitative estimate of drug-likeness (QED) is 0.780. The van der Waals surface area contributed by atoms with Gasteiger partial charge in [-0.3, -0.25) is 0 Å². The van der Waals surface area contributed by atoms with Gasteiger partial charge in [-0.25, -0.2) is 13.8 Å². The van der Waals surface area contributed by atoms with Gasteiger partial charge in [0.2, 0.25) is 0 Å². The fraction of sp³-hybridized carbons (Fsp3) is 0.100. The molecule has 0 spiro atoms. The van der Waals surface area contributed by atoms with Crippen LogP contribution in [0.5, 0.6) is 0 Å². The van der Waals surface area contributed by atoms with Crippen LogP contribution in [0.2, 0.25) is 0 Å². The summed E-state index contributed by atoms with van der Waals surface area (Å²) in [6.45, 7) is 0. The van der Waals surface area contributed by atoms with Gasteiger partial charge in [0.05, 0.1) is 12.0 Å². The number of aryl methyl sites for hydroxylation is 1. The molecule has 0 N–H and O–H groups in total. The average Bonchev–Trinajstić information content (AvgIpc) is 2.52. The van der Waals surface area contributed by atoms with Gasteiger partial charge in [0.15, 0.2) is 11.6 Å². The van der Waals surface area contributed by atoms with Crippen LogP contribution in [-0.4, -0.2) is 9.55 Å². The minimum Gasteiger partial charge on any atom is -0.333 e. The van der Waals surface area contributed by atoms with E-state index in [-0.39, 0.29) is 0 Å². The van der Waals surface area contributed by atoms with E-state index in [1.54, 1.807) is 17.9 Å². The number of aromatic nitrogens is 2. The second-order valence-corrected chi connectivity index (χ2v) is 3.87. The Morgan fingerprint density at radius 3 is 2.53 bits per heavy atom. The van der Waals surface area contributed by atoms with Crippen LogP contribution in [0.3, 0.4) is 0 Å².